The predicted molar refractivity (Wildman–Crippen MR) is 66.5 cm³/mol. The lowest BCUT2D eigenvalue weighted by Gasteiger charge is -2.14. The fourth-order valence-electron chi connectivity index (χ4n) is 1.98. The standard InChI is InChI=1S/C12H17N3O2/c13-9-2-1-3-10(6-9)14-12(17)8-15-5-4-11(16)7-15/h1-3,6,11,16H,4-5,7-8,13H2,(H,14,17). The molecule has 5 nitrogen and oxygen atoms in total. The summed E-state index contributed by atoms with van der Waals surface area (Å²) in [5, 5.41) is 12.1. The number of aliphatic hydroxyl groups is 1. The van der Waals surface area contributed by atoms with Gasteiger partial charge >= 0.3 is 0 Å². The summed E-state index contributed by atoms with van der Waals surface area (Å²) < 4.78 is 0. The summed E-state index contributed by atoms with van der Waals surface area (Å²) in [6.07, 6.45) is 0.445. The number of hydrogen-bond donors (Lipinski definition) is 3. The topological polar surface area (TPSA) is 78.6 Å². The first-order valence-electron chi connectivity index (χ1n) is 5.69. The highest BCUT2D eigenvalue weighted by Crippen LogP contribution is 2.12. The number of carbonyl (C=O) groups excluding carboxylic acids is 1. The van der Waals surface area contributed by atoms with Crippen LogP contribution in [-0.4, -0.2) is 41.7 Å². The minimum absolute atomic E-state index is 0.0790. The highest BCUT2D eigenvalue weighted by molar-refractivity contribution is 5.92. The number of nitrogens with one attached hydrogen (secondary N) is 1. The first kappa shape index (κ1) is 11.9. The van der Waals surface area contributed by atoms with E-state index in [9.17, 15) is 9.90 Å². The van der Waals surface area contributed by atoms with Gasteiger partial charge in [0.25, 0.3) is 0 Å². The molecule has 1 saturated heterocycles. The van der Waals surface area contributed by atoms with Crippen LogP contribution < -0.4 is 11.1 Å². The molecule has 1 fully saturated rings. The number of anilines is 2. The maximum atomic E-state index is 11.7. The van der Waals surface area contributed by atoms with Gasteiger partial charge in [-0.3, -0.25) is 9.69 Å². The Labute approximate surface area is 100 Å². The van der Waals surface area contributed by atoms with Gasteiger partial charge in [0, 0.05) is 24.5 Å². The van der Waals surface area contributed by atoms with Crippen LogP contribution in [0.15, 0.2) is 24.3 Å². The minimum Gasteiger partial charge on any atom is -0.399 e. The monoisotopic (exact) mass is 235 g/mol. The van der Waals surface area contributed by atoms with E-state index in [0.717, 1.165) is 13.0 Å². The summed E-state index contributed by atoms with van der Waals surface area (Å²) in [6.45, 7) is 1.65. The normalized spacial score (nSPS) is 20.4. The van der Waals surface area contributed by atoms with Crippen LogP contribution >= 0.6 is 0 Å². The Morgan fingerprint density at radius 2 is 2.41 bits per heavy atom. The molecule has 1 atom stereocenters. The number of nitrogens with zero attached hydrogens (tertiary/aromatic N) is 1. The Morgan fingerprint density at radius 1 is 1.59 bits per heavy atom. The Bertz CT molecular complexity index is 408. The molecule has 0 spiro atoms. The number of benzene rings is 1. The fourth-order valence-corrected chi connectivity index (χ4v) is 1.98. The first-order chi connectivity index (χ1) is 8.13. The van der Waals surface area contributed by atoms with Crippen LogP contribution in [0, 0.1) is 0 Å². The van der Waals surface area contributed by atoms with Crippen LogP contribution in [0.25, 0.3) is 0 Å². The molecule has 0 saturated carbocycles. The van der Waals surface area contributed by atoms with E-state index < -0.39 is 0 Å². The van der Waals surface area contributed by atoms with Gasteiger partial charge in [0.05, 0.1) is 12.6 Å². The summed E-state index contributed by atoms with van der Waals surface area (Å²) in [7, 11) is 0. The van der Waals surface area contributed by atoms with Gasteiger partial charge in [0.2, 0.25) is 5.91 Å². The number of nitrogens with two attached hydrogens (primary N) is 1. The molecule has 0 aliphatic carbocycles. The van der Waals surface area contributed by atoms with Crippen LogP contribution in [0.5, 0.6) is 0 Å². The minimum atomic E-state index is -0.296. The molecule has 92 valence electrons. The molecule has 2 rings (SSSR count). The highest BCUT2D eigenvalue weighted by atomic mass is 16.3. The number of amides is 1. The highest BCUT2D eigenvalue weighted by Gasteiger charge is 2.21. The Balaban J connectivity index is 1.85. The molecule has 0 radical (unpaired) electrons. The largest absolute Gasteiger partial charge is 0.399 e. The molecule has 5 heteroatoms. The number of rotatable bonds is 3. The van der Waals surface area contributed by atoms with Crippen molar-refractivity contribution in [3.63, 3.8) is 0 Å². The van der Waals surface area contributed by atoms with E-state index in [2.05, 4.69) is 5.32 Å². The zero-order chi connectivity index (χ0) is 12.3. The smallest absolute Gasteiger partial charge is 0.238 e. The van der Waals surface area contributed by atoms with E-state index in [4.69, 9.17) is 5.73 Å². The van der Waals surface area contributed by atoms with Crippen LogP contribution in [0.3, 0.4) is 0 Å². The molecule has 0 aromatic heterocycles. The Kier molecular flexibility index (Phi) is 3.61. The molecule has 1 unspecified atom stereocenters. The predicted octanol–water partition coefficient (Wildman–Crippen LogP) is 0.274. The van der Waals surface area contributed by atoms with Gasteiger partial charge in [-0.15, -0.1) is 0 Å². The van der Waals surface area contributed by atoms with E-state index in [0.29, 0.717) is 24.5 Å². The van der Waals surface area contributed by atoms with E-state index in [-0.39, 0.29) is 12.0 Å². The lowest BCUT2D eigenvalue weighted by molar-refractivity contribution is -0.117. The summed E-state index contributed by atoms with van der Waals surface area (Å²) in [6, 6.07) is 7.08. The number of aliphatic hydroxyl groups excluding tert-OH is 1. The molecule has 4 N–H and O–H groups in total. The summed E-state index contributed by atoms with van der Waals surface area (Å²) in [4.78, 5) is 13.6. The van der Waals surface area contributed by atoms with E-state index in [1.807, 2.05) is 4.90 Å². The third-order valence-electron chi connectivity index (χ3n) is 2.79. The molecule has 17 heavy (non-hydrogen) atoms. The SMILES string of the molecule is Nc1cccc(NC(=O)CN2CCC(O)C2)c1. The van der Waals surface area contributed by atoms with Gasteiger partial charge in [-0.25, -0.2) is 0 Å². The molecular weight excluding hydrogens is 218 g/mol. The van der Waals surface area contributed by atoms with Crippen molar-refractivity contribution in [1.82, 2.24) is 4.90 Å². The first-order valence-corrected chi connectivity index (χ1v) is 5.69. The van der Waals surface area contributed by atoms with Gasteiger partial charge in [-0.1, -0.05) is 6.07 Å². The van der Waals surface area contributed by atoms with Crippen molar-refractivity contribution in [3.8, 4) is 0 Å². The van der Waals surface area contributed by atoms with Gasteiger partial charge in [-0.2, -0.15) is 0 Å². The maximum absolute atomic E-state index is 11.7. The maximum Gasteiger partial charge on any atom is 0.238 e. The fraction of sp³-hybridized carbons (Fsp3) is 0.417. The van der Waals surface area contributed by atoms with Crippen molar-refractivity contribution in [1.29, 1.82) is 0 Å². The summed E-state index contributed by atoms with van der Waals surface area (Å²) in [5.74, 6) is -0.0790. The van der Waals surface area contributed by atoms with Crippen molar-refractivity contribution in [2.45, 2.75) is 12.5 Å². The van der Waals surface area contributed by atoms with Gasteiger partial charge in [-0.05, 0) is 24.6 Å². The van der Waals surface area contributed by atoms with Crippen LogP contribution in [-0.2, 0) is 4.79 Å². The average Bonchev–Trinajstić information content (AvgIpc) is 2.63. The Morgan fingerprint density at radius 3 is 3.06 bits per heavy atom. The third kappa shape index (κ3) is 3.44. The van der Waals surface area contributed by atoms with E-state index in [1.165, 1.54) is 0 Å². The second kappa shape index (κ2) is 5.16. The molecule has 1 aliphatic heterocycles. The van der Waals surface area contributed by atoms with Gasteiger partial charge in [0.1, 0.15) is 0 Å². The number of nitrogen functional groups attached to an aromatic ring is 1. The quantitative estimate of drug-likeness (QED) is 0.657. The van der Waals surface area contributed by atoms with Crippen LogP contribution in [0.2, 0.25) is 0 Å². The van der Waals surface area contributed by atoms with Crippen molar-refractivity contribution in [2.75, 3.05) is 30.7 Å². The van der Waals surface area contributed by atoms with Crippen molar-refractivity contribution in [3.05, 3.63) is 24.3 Å². The lowest BCUT2D eigenvalue weighted by Crippen LogP contribution is -2.32. The number of β-amino-alcohol motifs (C(OH)–C–C–N with tert-alkyl or cyclic N) is 1. The molecular formula is C12H17N3O2. The molecule has 1 aliphatic rings. The number of hydrogen-bond acceptors (Lipinski definition) is 4. The van der Waals surface area contributed by atoms with Gasteiger partial charge < -0.3 is 16.2 Å². The molecule has 0 bridgehead atoms. The third-order valence-corrected chi connectivity index (χ3v) is 2.79. The van der Waals surface area contributed by atoms with Gasteiger partial charge in [0.15, 0.2) is 0 Å². The second-order valence-electron chi connectivity index (χ2n) is 4.35. The van der Waals surface area contributed by atoms with Crippen molar-refractivity contribution >= 4 is 17.3 Å². The molecule has 1 aromatic carbocycles. The zero-order valence-corrected chi connectivity index (χ0v) is 9.60. The molecule has 1 aromatic rings. The van der Waals surface area contributed by atoms with Crippen molar-refractivity contribution < 1.29 is 9.90 Å². The molecule has 1 heterocycles. The zero-order valence-electron chi connectivity index (χ0n) is 9.60. The van der Waals surface area contributed by atoms with E-state index >= 15 is 0 Å². The summed E-state index contributed by atoms with van der Waals surface area (Å²) in [5.41, 5.74) is 6.95. The summed E-state index contributed by atoms with van der Waals surface area (Å²) >= 11 is 0. The Hall–Kier alpha value is -1.59. The van der Waals surface area contributed by atoms with Crippen molar-refractivity contribution in [2.24, 2.45) is 0 Å². The molecule has 1 amide bonds. The number of carbonyl (C=O) groups is 1. The lowest BCUT2D eigenvalue weighted by atomic mass is 10.3. The average molecular weight is 235 g/mol. The number of likely N-dealkylation sites (tertiary alicyclic amines) is 1. The van der Waals surface area contributed by atoms with Crippen LogP contribution in [0.4, 0.5) is 11.4 Å². The second-order valence-corrected chi connectivity index (χ2v) is 4.35. The van der Waals surface area contributed by atoms with Crippen LogP contribution in [0.1, 0.15) is 6.42 Å². The van der Waals surface area contributed by atoms with E-state index in [1.54, 1.807) is 24.3 Å².